The van der Waals surface area contributed by atoms with Crippen LogP contribution in [0.15, 0.2) is 18.2 Å². The molecule has 0 bridgehead atoms. The van der Waals surface area contributed by atoms with E-state index in [1.54, 1.807) is 0 Å². The fourth-order valence-corrected chi connectivity index (χ4v) is 3.46. The molecule has 1 fully saturated rings. The predicted molar refractivity (Wildman–Crippen MR) is 89.0 cm³/mol. The lowest BCUT2D eigenvalue weighted by Crippen LogP contribution is -2.50. The Morgan fingerprint density at radius 3 is 3.13 bits per heavy atom. The van der Waals surface area contributed by atoms with Crippen molar-refractivity contribution in [2.45, 2.75) is 32.2 Å². The predicted octanol–water partition coefficient (Wildman–Crippen LogP) is 1.85. The van der Waals surface area contributed by atoms with Gasteiger partial charge in [-0.15, -0.1) is 0 Å². The van der Waals surface area contributed by atoms with E-state index in [1.807, 2.05) is 37.1 Å². The fraction of sp³-hybridized carbons (Fsp3) is 0.611. The van der Waals surface area contributed by atoms with Crippen LogP contribution in [0.1, 0.15) is 25.3 Å². The molecule has 1 aromatic carbocycles. The summed E-state index contributed by atoms with van der Waals surface area (Å²) in [5.74, 6) is 1.85. The van der Waals surface area contributed by atoms with E-state index in [1.165, 1.54) is 0 Å². The molecule has 0 aliphatic carbocycles. The molecule has 1 amide bonds. The normalized spacial score (nSPS) is 23.8. The zero-order valence-corrected chi connectivity index (χ0v) is 14.0. The number of likely N-dealkylation sites (N-methyl/N-ethyl adjacent to an activating group) is 1. The molecule has 5 heteroatoms. The highest BCUT2D eigenvalue weighted by atomic mass is 16.5. The Morgan fingerprint density at radius 2 is 2.35 bits per heavy atom. The first-order valence-corrected chi connectivity index (χ1v) is 8.55. The number of carbonyl (C=O) groups is 1. The maximum absolute atomic E-state index is 12.8. The van der Waals surface area contributed by atoms with Crippen LogP contribution in [-0.4, -0.2) is 50.2 Å². The van der Waals surface area contributed by atoms with Crippen molar-refractivity contribution < 1.29 is 14.3 Å². The zero-order valence-electron chi connectivity index (χ0n) is 14.0. The van der Waals surface area contributed by atoms with Gasteiger partial charge in [-0.05, 0) is 57.0 Å². The first-order valence-electron chi connectivity index (χ1n) is 8.55. The van der Waals surface area contributed by atoms with E-state index in [0.29, 0.717) is 19.3 Å². The summed E-state index contributed by atoms with van der Waals surface area (Å²) in [5, 5.41) is 3.29. The number of nitrogens with zero attached hydrogens (tertiary/aromatic N) is 1. The SMILES string of the molecule is CCOc1ccc2c(c1)CC(C(=O)N1CCCC(NC)C1)CO2. The van der Waals surface area contributed by atoms with Gasteiger partial charge in [0, 0.05) is 19.1 Å². The van der Waals surface area contributed by atoms with Gasteiger partial charge >= 0.3 is 0 Å². The van der Waals surface area contributed by atoms with Gasteiger partial charge in [0.15, 0.2) is 0 Å². The molecule has 1 aromatic rings. The van der Waals surface area contributed by atoms with Crippen molar-refractivity contribution in [1.29, 1.82) is 0 Å². The number of hydrogen-bond acceptors (Lipinski definition) is 4. The molecule has 0 spiro atoms. The number of benzene rings is 1. The topological polar surface area (TPSA) is 50.8 Å². The summed E-state index contributed by atoms with van der Waals surface area (Å²) in [6, 6.07) is 6.28. The lowest BCUT2D eigenvalue weighted by Gasteiger charge is -2.36. The van der Waals surface area contributed by atoms with Crippen LogP contribution < -0.4 is 14.8 Å². The summed E-state index contributed by atoms with van der Waals surface area (Å²) in [6.07, 6.45) is 2.94. The van der Waals surface area contributed by atoms with Gasteiger partial charge in [0.05, 0.1) is 12.5 Å². The Labute approximate surface area is 137 Å². The van der Waals surface area contributed by atoms with Gasteiger partial charge in [-0.1, -0.05) is 0 Å². The second-order valence-corrected chi connectivity index (χ2v) is 6.33. The second-order valence-electron chi connectivity index (χ2n) is 6.33. The molecule has 1 saturated heterocycles. The molecule has 3 rings (SSSR count). The number of ether oxygens (including phenoxy) is 2. The number of amides is 1. The molecule has 0 aromatic heterocycles. The molecule has 5 nitrogen and oxygen atoms in total. The largest absolute Gasteiger partial charge is 0.494 e. The summed E-state index contributed by atoms with van der Waals surface area (Å²) >= 11 is 0. The standard InChI is InChI=1S/C18H26N2O3/c1-3-22-16-6-7-17-13(10-16)9-14(12-23-17)18(21)20-8-4-5-15(11-20)19-2/h6-7,10,14-15,19H,3-5,8-9,11-12H2,1-2H3. The van der Waals surface area contributed by atoms with Crippen LogP contribution in [0.5, 0.6) is 11.5 Å². The number of hydrogen-bond donors (Lipinski definition) is 1. The van der Waals surface area contributed by atoms with Crippen molar-refractivity contribution in [2.24, 2.45) is 5.92 Å². The first-order chi connectivity index (χ1) is 11.2. The lowest BCUT2D eigenvalue weighted by molar-refractivity contribution is -0.138. The third kappa shape index (κ3) is 3.61. The minimum absolute atomic E-state index is 0.0880. The smallest absolute Gasteiger partial charge is 0.229 e. The maximum atomic E-state index is 12.8. The van der Waals surface area contributed by atoms with Crippen LogP contribution >= 0.6 is 0 Å². The highest BCUT2D eigenvalue weighted by Crippen LogP contribution is 2.31. The molecule has 1 N–H and O–H groups in total. The van der Waals surface area contributed by atoms with Crippen molar-refractivity contribution in [2.75, 3.05) is 33.4 Å². The van der Waals surface area contributed by atoms with E-state index >= 15 is 0 Å². The van der Waals surface area contributed by atoms with Crippen LogP contribution in [0.3, 0.4) is 0 Å². The number of rotatable bonds is 4. The van der Waals surface area contributed by atoms with Crippen molar-refractivity contribution in [3.05, 3.63) is 23.8 Å². The van der Waals surface area contributed by atoms with Gasteiger partial charge in [-0.3, -0.25) is 4.79 Å². The van der Waals surface area contributed by atoms with Gasteiger partial charge in [0.2, 0.25) is 5.91 Å². The van der Waals surface area contributed by atoms with Crippen LogP contribution in [0, 0.1) is 5.92 Å². The fourth-order valence-electron chi connectivity index (χ4n) is 3.46. The summed E-state index contributed by atoms with van der Waals surface area (Å²) in [5.41, 5.74) is 1.07. The third-order valence-electron chi connectivity index (χ3n) is 4.74. The molecule has 126 valence electrons. The van der Waals surface area contributed by atoms with E-state index in [4.69, 9.17) is 9.47 Å². The summed E-state index contributed by atoms with van der Waals surface area (Å²) in [7, 11) is 1.97. The van der Waals surface area contributed by atoms with Crippen LogP contribution in [0.2, 0.25) is 0 Å². The second kappa shape index (κ2) is 7.21. The molecule has 2 atom stereocenters. The monoisotopic (exact) mass is 318 g/mol. The van der Waals surface area contributed by atoms with E-state index in [9.17, 15) is 4.79 Å². The Morgan fingerprint density at radius 1 is 1.48 bits per heavy atom. The molecule has 0 radical (unpaired) electrons. The van der Waals surface area contributed by atoms with Gasteiger partial charge in [-0.25, -0.2) is 0 Å². The quantitative estimate of drug-likeness (QED) is 0.920. The molecule has 0 saturated carbocycles. The van der Waals surface area contributed by atoms with E-state index < -0.39 is 0 Å². The van der Waals surface area contributed by atoms with Crippen molar-refractivity contribution >= 4 is 5.91 Å². The highest BCUT2D eigenvalue weighted by molar-refractivity contribution is 5.80. The van der Waals surface area contributed by atoms with Gasteiger partial charge in [0.25, 0.3) is 0 Å². The van der Waals surface area contributed by atoms with E-state index in [2.05, 4.69) is 5.32 Å². The summed E-state index contributed by atoms with van der Waals surface area (Å²) in [6.45, 7) is 4.75. The Hall–Kier alpha value is -1.75. The average molecular weight is 318 g/mol. The van der Waals surface area contributed by atoms with Gasteiger partial charge < -0.3 is 19.7 Å². The minimum atomic E-state index is -0.0880. The van der Waals surface area contributed by atoms with Crippen molar-refractivity contribution in [3.8, 4) is 11.5 Å². The lowest BCUT2D eigenvalue weighted by atomic mass is 9.94. The van der Waals surface area contributed by atoms with Crippen LogP contribution in [0.25, 0.3) is 0 Å². The van der Waals surface area contributed by atoms with Gasteiger partial charge in [0.1, 0.15) is 18.1 Å². The molecule has 2 aliphatic heterocycles. The highest BCUT2D eigenvalue weighted by Gasteiger charge is 2.32. The summed E-state index contributed by atoms with van der Waals surface area (Å²) < 4.78 is 11.4. The number of carbonyl (C=O) groups excluding carboxylic acids is 1. The van der Waals surface area contributed by atoms with Crippen LogP contribution in [0.4, 0.5) is 0 Å². The number of likely N-dealkylation sites (tertiary alicyclic amines) is 1. The number of piperidine rings is 1. The molecule has 2 unspecified atom stereocenters. The Balaban J connectivity index is 1.68. The number of fused-ring (bicyclic) bond motifs is 1. The van der Waals surface area contributed by atoms with E-state index in [-0.39, 0.29) is 11.8 Å². The minimum Gasteiger partial charge on any atom is -0.494 e. The molecule has 2 heterocycles. The van der Waals surface area contributed by atoms with Gasteiger partial charge in [-0.2, -0.15) is 0 Å². The Kier molecular flexibility index (Phi) is 5.06. The third-order valence-corrected chi connectivity index (χ3v) is 4.74. The first kappa shape index (κ1) is 16.1. The average Bonchev–Trinajstić information content (AvgIpc) is 2.61. The zero-order chi connectivity index (χ0) is 16.2. The van der Waals surface area contributed by atoms with Crippen molar-refractivity contribution in [3.63, 3.8) is 0 Å². The Bertz CT molecular complexity index is 561. The molecular weight excluding hydrogens is 292 g/mol. The summed E-state index contributed by atoms with van der Waals surface area (Å²) in [4.78, 5) is 14.8. The number of nitrogens with one attached hydrogen (secondary N) is 1. The molecule has 2 aliphatic rings. The maximum Gasteiger partial charge on any atom is 0.229 e. The van der Waals surface area contributed by atoms with Crippen LogP contribution in [-0.2, 0) is 11.2 Å². The van der Waals surface area contributed by atoms with E-state index in [0.717, 1.165) is 49.4 Å². The molecule has 23 heavy (non-hydrogen) atoms. The molecular formula is C18H26N2O3. The van der Waals surface area contributed by atoms with Crippen molar-refractivity contribution in [1.82, 2.24) is 10.2 Å².